The van der Waals surface area contributed by atoms with Crippen LogP contribution < -0.4 is 10.1 Å². The molecule has 134 valence electrons. The molecule has 8 heteroatoms. The highest BCUT2D eigenvalue weighted by molar-refractivity contribution is 5.78. The molecule has 1 N–H and O–H groups in total. The summed E-state index contributed by atoms with van der Waals surface area (Å²) >= 11 is 0. The number of hydrogen-bond donors (Lipinski definition) is 1. The molecule has 2 rings (SSSR count). The maximum absolute atomic E-state index is 13.6. The number of halogens is 5. The molecule has 0 bridgehead atoms. The van der Waals surface area contributed by atoms with Gasteiger partial charge in [-0.3, -0.25) is 4.79 Å². The second kappa shape index (κ2) is 7.50. The Balaban J connectivity index is 1.94. The van der Waals surface area contributed by atoms with Gasteiger partial charge in [0.25, 0.3) is 5.91 Å². The standard InChI is InChI=1S/C17H14F5NO2/c1-10(14-6-5-12(18)8-15(14)19)23-16(24)9-25-13-4-2-3-11(7-13)17(20,21)22/h2-8,10H,9H2,1H3,(H,23,24). The van der Waals surface area contributed by atoms with Gasteiger partial charge in [-0.1, -0.05) is 12.1 Å². The first-order chi connectivity index (χ1) is 11.7. The molecule has 0 aliphatic carbocycles. The topological polar surface area (TPSA) is 38.3 Å². The Morgan fingerprint density at radius 2 is 1.88 bits per heavy atom. The Kier molecular flexibility index (Phi) is 5.61. The minimum Gasteiger partial charge on any atom is -0.484 e. The van der Waals surface area contributed by atoms with Crippen LogP contribution in [0.2, 0.25) is 0 Å². The SMILES string of the molecule is CC(NC(=O)COc1cccc(C(F)(F)F)c1)c1ccc(F)cc1F. The van der Waals surface area contributed by atoms with Crippen LogP contribution in [0.4, 0.5) is 22.0 Å². The van der Waals surface area contributed by atoms with E-state index in [1.807, 2.05) is 0 Å². The third kappa shape index (κ3) is 5.17. The normalized spacial score (nSPS) is 12.6. The molecule has 2 aromatic rings. The van der Waals surface area contributed by atoms with Gasteiger partial charge in [0, 0.05) is 11.6 Å². The quantitative estimate of drug-likeness (QED) is 0.811. The van der Waals surface area contributed by atoms with Crippen LogP contribution in [0.3, 0.4) is 0 Å². The zero-order valence-electron chi connectivity index (χ0n) is 13.0. The molecule has 0 aliphatic heterocycles. The summed E-state index contributed by atoms with van der Waals surface area (Å²) in [5.74, 6) is -2.33. The van der Waals surface area contributed by atoms with Crippen molar-refractivity contribution in [2.45, 2.75) is 19.1 Å². The molecule has 0 spiro atoms. The number of nitrogens with one attached hydrogen (secondary N) is 1. The summed E-state index contributed by atoms with van der Waals surface area (Å²) < 4.78 is 69.3. The molecule has 2 aromatic carbocycles. The molecule has 1 atom stereocenters. The molecule has 0 aliphatic rings. The summed E-state index contributed by atoms with van der Waals surface area (Å²) in [6.45, 7) is 0.937. The Hall–Kier alpha value is -2.64. The van der Waals surface area contributed by atoms with E-state index in [4.69, 9.17) is 4.74 Å². The van der Waals surface area contributed by atoms with Crippen LogP contribution in [0.5, 0.6) is 5.75 Å². The van der Waals surface area contributed by atoms with Gasteiger partial charge in [-0.25, -0.2) is 8.78 Å². The van der Waals surface area contributed by atoms with Gasteiger partial charge in [0.2, 0.25) is 0 Å². The number of carbonyl (C=O) groups excluding carboxylic acids is 1. The number of rotatable bonds is 5. The Morgan fingerprint density at radius 3 is 2.52 bits per heavy atom. The fourth-order valence-electron chi connectivity index (χ4n) is 2.12. The first-order valence-electron chi connectivity index (χ1n) is 7.21. The van der Waals surface area contributed by atoms with E-state index >= 15 is 0 Å². The zero-order chi connectivity index (χ0) is 18.6. The fraction of sp³-hybridized carbons (Fsp3) is 0.235. The number of carbonyl (C=O) groups is 1. The van der Waals surface area contributed by atoms with Crippen molar-refractivity contribution in [2.24, 2.45) is 0 Å². The van der Waals surface area contributed by atoms with E-state index in [2.05, 4.69) is 5.32 Å². The number of benzene rings is 2. The molecule has 25 heavy (non-hydrogen) atoms. The van der Waals surface area contributed by atoms with E-state index in [-0.39, 0.29) is 11.3 Å². The molecule has 0 radical (unpaired) electrons. The predicted octanol–water partition coefficient (Wildman–Crippen LogP) is 4.24. The van der Waals surface area contributed by atoms with Crippen LogP contribution in [-0.2, 0) is 11.0 Å². The highest BCUT2D eigenvalue weighted by Crippen LogP contribution is 2.31. The van der Waals surface area contributed by atoms with Crippen molar-refractivity contribution in [3.63, 3.8) is 0 Å². The van der Waals surface area contributed by atoms with Crippen molar-refractivity contribution in [3.05, 3.63) is 65.2 Å². The maximum atomic E-state index is 13.6. The largest absolute Gasteiger partial charge is 0.484 e. The summed E-state index contributed by atoms with van der Waals surface area (Å²) in [6, 6.07) is 6.28. The van der Waals surface area contributed by atoms with E-state index in [1.54, 1.807) is 0 Å². The Morgan fingerprint density at radius 1 is 1.16 bits per heavy atom. The highest BCUT2D eigenvalue weighted by atomic mass is 19.4. The molecule has 0 saturated carbocycles. The average molecular weight is 359 g/mol. The van der Waals surface area contributed by atoms with Crippen LogP contribution in [0.25, 0.3) is 0 Å². The monoisotopic (exact) mass is 359 g/mol. The molecule has 0 aromatic heterocycles. The minimum atomic E-state index is -4.52. The second-order valence-corrected chi connectivity index (χ2v) is 5.27. The molecular weight excluding hydrogens is 345 g/mol. The minimum absolute atomic E-state index is 0.0776. The van der Waals surface area contributed by atoms with Gasteiger partial charge < -0.3 is 10.1 Å². The number of ether oxygens (including phenoxy) is 1. The highest BCUT2D eigenvalue weighted by Gasteiger charge is 2.30. The Bertz CT molecular complexity index is 761. The van der Waals surface area contributed by atoms with Crippen molar-refractivity contribution in [1.29, 1.82) is 0 Å². The van der Waals surface area contributed by atoms with Crippen molar-refractivity contribution in [1.82, 2.24) is 5.32 Å². The molecule has 1 amide bonds. The summed E-state index contributed by atoms with van der Waals surface area (Å²) in [6.07, 6.45) is -4.52. The van der Waals surface area contributed by atoms with Gasteiger partial charge in [0.1, 0.15) is 17.4 Å². The summed E-state index contributed by atoms with van der Waals surface area (Å²) in [5, 5.41) is 2.42. The van der Waals surface area contributed by atoms with E-state index in [0.717, 1.165) is 24.3 Å². The van der Waals surface area contributed by atoms with Crippen LogP contribution in [-0.4, -0.2) is 12.5 Å². The second-order valence-electron chi connectivity index (χ2n) is 5.27. The molecular formula is C17H14F5NO2. The molecule has 0 heterocycles. The summed E-state index contributed by atoms with van der Waals surface area (Å²) in [7, 11) is 0. The maximum Gasteiger partial charge on any atom is 0.416 e. The lowest BCUT2D eigenvalue weighted by Crippen LogP contribution is -2.31. The predicted molar refractivity (Wildman–Crippen MR) is 79.9 cm³/mol. The fourth-order valence-corrected chi connectivity index (χ4v) is 2.12. The third-order valence-corrected chi connectivity index (χ3v) is 3.34. The smallest absolute Gasteiger partial charge is 0.416 e. The van der Waals surface area contributed by atoms with Gasteiger partial charge in [-0.2, -0.15) is 13.2 Å². The van der Waals surface area contributed by atoms with Crippen LogP contribution in [0, 0.1) is 11.6 Å². The Labute approximate surface area is 140 Å². The van der Waals surface area contributed by atoms with E-state index in [0.29, 0.717) is 6.07 Å². The van der Waals surface area contributed by atoms with Gasteiger partial charge in [0.05, 0.1) is 11.6 Å². The van der Waals surface area contributed by atoms with Gasteiger partial charge in [0.15, 0.2) is 6.61 Å². The van der Waals surface area contributed by atoms with Crippen LogP contribution >= 0.6 is 0 Å². The number of alkyl halides is 3. The lowest BCUT2D eigenvalue weighted by atomic mass is 10.1. The number of amides is 1. The third-order valence-electron chi connectivity index (χ3n) is 3.34. The van der Waals surface area contributed by atoms with Crippen molar-refractivity contribution in [2.75, 3.05) is 6.61 Å². The average Bonchev–Trinajstić information content (AvgIpc) is 2.52. The van der Waals surface area contributed by atoms with Gasteiger partial charge >= 0.3 is 6.18 Å². The van der Waals surface area contributed by atoms with Gasteiger partial charge in [-0.05, 0) is 31.2 Å². The van der Waals surface area contributed by atoms with E-state index < -0.39 is 41.9 Å². The lowest BCUT2D eigenvalue weighted by molar-refractivity contribution is -0.137. The molecule has 1 unspecified atom stereocenters. The van der Waals surface area contributed by atoms with Crippen molar-refractivity contribution >= 4 is 5.91 Å². The first kappa shape index (κ1) is 18.7. The van der Waals surface area contributed by atoms with E-state index in [1.165, 1.54) is 19.1 Å². The number of hydrogen-bond acceptors (Lipinski definition) is 2. The first-order valence-corrected chi connectivity index (χ1v) is 7.21. The summed E-state index contributed by atoms with van der Waals surface area (Å²) in [5.41, 5.74) is -0.819. The van der Waals surface area contributed by atoms with Gasteiger partial charge in [-0.15, -0.1) is 0 Å². The lowest BCUT2D eigenvalue weighted by Gasteiger charge is -2.16. The molecule has 0 saturated heterocycles. The molecule has 3 nitrogen and oxygen atoms in total. The van der Waals surface area contributed by atoms with Crippen LogP contribution in [0.1, 0.15) is 24.1 Å². The van der Waals surface area contributed by atoms with Crippen molar-refractivity contribution in [3.8, 4) is 5.75 Å². The summed E-state index contributed by atoms with van der Waals surface area (Å²) in [4.78, 5) is 11.8. The van der Waals surface area contributed by atoms with Crippen LogP contribution in [0.15, 0.2) is 42.5 Å². The van der Waals surface area contributed by atoms with E-state index in [9.17, 15) is 26.7 Å². The zero-order valence-corrected chi connectivity index (χ0v) is 13.0. The van der Waals surface area contributed by atoms with Crippen molar-refractivity contribution < 1.29 is 31.5 Å². The molecule has 0 fully saturated rings.